The third-order valence-corrected chi connectivity index (χ3v) is 3.54. The van der Waals surface area contributed by atoms with Crippen LogP contribution in [0.4, 0.5) is 11.6 Å². The smallest absolute Gasteiger partial charge is 0.132 e. The summed E-state index contributed by atoms with van der Waals surface area (Å²) in [4.78, 5) is 8.75. The van der Waals surface area contributed by atoms with Gasteiger partial charge in [-0.2, -0.15) is 0 Å². The molecule has 0 radical (unpaired) electrons. The quantitative estimate of drug-likeness (QED) is 0.844. The van der Waals surface area contributed by atoms with Crippen LogP contribution in [0.3, 0.4) is 0 Å². The molecule has 0 saturated heterocycles. The lowest BCUT2D eigenvalue weighted by molar-refractivity contribution is 0.349. The third-order valence-electron chi connectivity index (χ3n) is 3.54. The molecule has 1 aromatic heterocycles. The van der Waals surface area contributed by atoms with Crippen LogP contribution in [0.1, 0.15) is 38.4 Å². The fraction of sp³-hybridized carbons (Fsp3) is 0.692. The highest BCUT2D eigenvalue weighted by atomic mass is 15.1. The number of hydrogen-bond acceptors (Lipinski definition) is 4. The number of anilines is 2. The largest absolute Gasteiger partial charge is 0.373 e. The Balaban J connectivity index is 2.09. The lowest BCUT2D eigenvalue weighted by atomic mass is 9.86. The van der Waals surface area contributed by atoms with Crippen LogP contribution in [-0.4, -0.2) is 23.1 Å². The normalized spacial score (nSPS) is 24.4. The third kappa shape index (κ3) is 3.08. The lowest BCUT2D eigenvalue weighted by Gasteiger charge is -2.30. The Hall–Kier alpha value is -1.32. The molecule has 1 fully saturated rings. The Morgan fingerprint density at radius 3 is 2.59 bits per heavy atom. The predicted octanol–water partition coefficient (Wildman–Crippen LogP) is 2.82. The van der Waals surface area contributed by atoms with Crippen molar-refractivity contribution in [2.75, 3.05) is 17.7 Å². The Kier molecular flexibility index (Phi) is 3.82. The Morgan fingerprint density at radius 2 is 1.88 bits per heavy atom. The maximum Gasteiger partial charge on any atom is 0.132 e. The molecule has 2 atom stereocenters. The van der Waals surface area contributed by atoms with Crippen molar-refractivity contribution in [1.29, 1.82) is 0 Å². The molecule has 1 aliphatic rings. The average Bonchev–Trinajstić information content (AvgIpc) is 2.31. The molecule has 0 spiro atoms. The van der Waals surface area contributed by atoms with E-state index in [2.05, 4.69) is 27.5 Å². The molecular weight excluding hydrogens is 212 g/mol. The summed E-state index contributed by atoms with van der Waals surface area (Å²) in [5.41, 5.74) is 0. The van der Waals surface area contributed by atoms with E-state index in [0.29, 0.717) is 6.04 Å². The first-order valence-corrected chi connectivity index (χ1v) is 6.49. The Bertz CT molecular complexity index is 378. The van der Waals surface area contributed by atoms with Gasteiger partial charge in [0.05, 0.1) is 0 Å². The van der Waals surface area contributed by atoms with Crippen molar-refractivity contribution < 1.29 is 0 Å². The van der Waals surface area contributed by atoms with E-state index in [1.807, 2.05) is 20.0 Å². The van der Waals surface area contributed by atoms with Gasteiger partial charge in [-0.15, -0.1) is 0 Å². The zero-order chi connectivity index (χ0) is 12.3. The van der Waals surface area contributed by atoms with Crippen molar-refractivity contribution >= 4 is 11.6 Å². The predicted molar refractivity (Wildman–Crippen MR) is 71.4 cm³/mol. The van der Waals surface area contributed by atoms with Crippen LogP contribution >= 0.6 is 0 Å². The van der Waals surface area contributed by atoms with Crippen LogP contribution in [0.25, 0.3) is 0 Å². The molecule has 4 nitrogen and oxygen atoms in total. The molecule has 94 valence electrons. The van der Waals surface area contributed by atoms with Gasteiger partial charge in [0, 0.05) is 19.2 Å². The second-order valence-electron chi connectivity index (χ2n) is 4.95. The molecular formula is C13H22N4. The van der Waals surface area contributed by atoms with Crippen LogP contribution in [0.5, 0.6) is 0 Å². The van der Waals surface area contributed by atoms with Crippen molar-refractivity contribution in [1.82, 2.24) is 9.97 Å². The number of nitrogens with zero attached hydrogens (tertiary/aromatic N) is 2. The molecule has 1 saturated carbocycles. The van der Waals surface area contributed by atoms with Gasteiger partial charge in [0.25, 0.3) is 0 Å². The Labute approximate surface area is 103 Å². The zero-order valence-corrected chi connectivity index (χ0v) is 11.0. The Morgan fingerprint density at radius 1 is 1.18 bits per heavy atom. The van der Waals surface area contributed by atoms with E-state index in [1.165, 1.54) is 25.7 Å². The van der Waals surface area contributed by atoms with Gasteiger partial charge in [-0.3, -0.25) is 0 Å². The van der Waals surface area contributed by atoms with Crippen molar-refractivity contribution in [3.05, 3.63) is 11.9 Å². The minimum Gasteiger partial charge on any atom is -0.373 e. The van der Waals surface area contributed by atoms with E-state index in [-0.39, 0.29) is 0 Å². The summed E-state index contributed by atoms with van der Waals surface area (Å²) in [6, 6.07) is 2.54. The number of hydrogen-bond donors (Lipinski definition) is 2. The van der Waals surface area contributed by atoms with E-state index < -0.39 is 0 Å². The fourth-order valence-corrected chi connectivity index (χ4v) is 2.49. The second kappa shape index (κ2) is 5.34. The van der Waals surface area contributed by atoms with Gasteiger partial charge in [0.2, 0.25) is 0 Å². The van der Waals surface area contributed by atoms with E-state index in [9.17, 15) is 0 Å². The molecule has 0 amide bonds. The highest BCUT2D eigenvalue weighted by Gasteiger charge is 2.21. The number of aromatic nitrogens is 2. The molecule has 1 aliphatic carbocycles. The van der Waals surface area contributed by atoms with Gasteiger partial charge in [-0.05, 0) is 25.7 Å². The van der Waals surface area contributed by atoms with Crippen molar-refractivity contribution in [3.8, 4) is 0 Å². The van der Waals surface area contributed by atoms with Gasteiger partial charge in [-0.25, -0.2) is 9.97 Å². The fourth-order valence-electron chi connectivity index (χ4n) is 2.49. The van der Waals surface area contributed by atoms with Gasteiger partial charge in [0.15, 0.2) is 0 Å². The molecule has 2 rings (SSSR count). The number of aryl methyl sites for hydroxylation is 1. The van der Waals surface area contributed by atoms with Crippen molar-refractivity contribution in [2.45, 2.75) is 45.6 Å². The van der Waals surface area contributed by atoms with E-state index >= 15 is 0 Å². The molecule has 17 heavy (non-hydrogen) atoms. The highest BCUT2D eigenvalue weighted by Crippen LogP contribution is 2.26. The zero-order valence-electron chi connectivity index (χ0n) is 11.0. The van der Waals surface area contributed by atoms with Crippen molar-refractivity contribution in [3.63, 3.8) is 0 Å². The molecule has 0 aromatic carbocycles. The minimum absolute atomic E-state index is 0.558. The summed E-state index contributed by atoms with van der Waals surface area (Å²) in [6.45, 7) is 4.25. The van der Waals surface area contributed by atoms with Crippen LogP contribution in [0.15, 0.2) is 6.07 Å². The summed E-state index contributed by atoms with van der Waals surface area (Å²) in [7, 11) is 1.88. The second-order valence-corrected chi connectivity index (χ2v) is 4.95. The summed E-state index contributed by atoms with van der Waals surface area (Å²) in [5.74, 6) is 3.36. The molecule has 2 N–H and O–H groups in total. The first kappa shape index (κ1) is 12.1. The van der Waals surface area contributed by atoms with E-state index in [0.717, 1.165) is 23.4 Å². The van der Waals surface area contributed by atoms with Gasteiger partial charge in [-0.1, -0.05) is 19.8 Å². The van der Waals surface area contributed by atoms with Crippen LogP contribution in [0.2, 0.25) is 0 Å². The summed E-state index contributed by atoms with van der Waals surface area (Å²) in [5, 5.41) is 6.62. The van der Waals surface area contributed by atoms with Gasteiger partial charge < -0.3 is 10.6 Å². The summed E-state index contributed by atoms with van der Waals surface area (Å²) in [6.07, 6.45) is 5.26. The first-order valence-electron chi connectivity index (χ1n) is 6.49. The van der Waals surface area contributed by atoms with E-state index in [4.69, 9.17) is 0 Å². The molecule has 0 aliphatic heterocycles. The van der Waals surface area contributed by atoms with Crippen LogP contribution < -0.4 is 10.6 Å². The molecule has 1 heterocycles. The molecule has 0 unspecified atom stereocenters. The van der Waals surface area contributed by atoms with Crippen LogP contribution in [0, 0.1) is 12.8 Å². The summed E-state index contributed by atoms with van der Waals surface area (Å²) >= 11 is 0. The minimum atomic E-state index is 0.558. The average molecular weight is 234 g/mol. The highest BCUT2D eigenvalue weighted by molar-refractivity contribution is 5.47. The topological polar surface area (TPSA) is 49.8 Å². The molecule has 0 bridgehead atoms. The summed E-state index contributed by atoms with van der Waals surface area (Å²) < 4.78 is 0. The maximum atomic E-state index is 4.45. The van der Waals surface area contributed by atoms with Crippen LogP contribution in [-0.2, 0) is 0 Å². The monoisotopic (exact) mass is 234 g/mol. The SMILES string of the molecule is CNc1cc(N[C@H]2CCCC[C@H]2C)nc(C)n1. The number of nitrogens with one attached hydrogen (secondary N) is 2. The van der Waals surface area contributed by atoms with Gasteiger partial charge in [0.1, 0.15) is 17.5 Å². The van der Waals surface area contributed by atoms with Crippen molar-refractivity contribution in [2.24, 2.45) is 5.92 Å². The van der Waals surface area contributed by atoms with Gasteiger partial charge >= 0.3 is 0 Å². The molecule has 1 aromatic rings. The standard InChI is InChI=1S/C13H22N4/c1-9-6-4-5-7-11(9)17-13-8-12(14-3)15-10(2)16-13/h8-9,11H,4-7H2,1-3H3,(H2,14,15,16,17)/t9-,11+/m1/s1. The van der Waals surface area contributed by atoms with E-state index in [1.54, 1.807) is 0 Å². The first-order chi connectivity index (χ1) is 8.19. The number of rotatable bonds is 3. The maximum absolute atomic E-state index is 4.45. The lowest BCUT2D eigenvalue weighted by Crippen LogP contribution is -2.30. The molecule has 4 heteroatoms.